The van der Waals surface area contributed by atoms with Crippen molar-refractivity contribution in [3.8, 4) is 0 Å². The summed E-state index contributed by atoms with van der Waals surface area (Å²) < 4.78 is 5.02. The summed E-state index contributed by atoms with van der Waals surface area (Å²) in [6, 6.07) is 0. The van der Waals surface area contributed by atoms with Crippen LogP contribution in [0.25, 0.3) is 0 Å². The molecule has 0 saturated carbocycles. The highest BCUT2D eigenvalue weighted by atomic mass is 16.6. The minimum absolute atomic E-state index is 0.157. The van der Waals surface area contributed by atoms with Crippen molar-refractivity contribution < 1.29 is 19.4 Å². The highest BCUT2D eigenvalue weighted by Gasteiger charge is 2.27. The molecule has 2 unspecified atom stereocenters. The topological polar surface area (TPSA) is 63.6 Å². The van der Waals surface area contributed by atoms with Gasteiger partial charge in [-0.2, -0.15) is 0 Å². The third-order valence-electron chi connectivity index (χ3n) is 2.58. The zero-order valence-electron chi connectivity index (χ0n) is 12.3. The van der Waals surface area contributed by atoms with Gasteiger partial charge in [-0.05, 0) is 17.8 Å². The van der Waals surface area contributed by atoms with Crippen LogP contribution in [0.15, 0.2) is 0 Å². The Hall–Kier alpha value is -1.06. The van der Waals surface area contributed by atoms with Crippen LogP contribution in [-0.4, -0.2) is 23.1 Å². The smallest absolute Gasteiger partial charge is 0.345 e. The fourth-order valence-electron chi connectivity index (χ4n) is 2.06. The Bertz CT molecular complexity index is 289. The third kappa shape index (κ3) is 7.30. The molecule has 0 aromatic heterocycles. The molecule has 0 saturated heterocycles. The first kappa shape index (κ1) is 16.9. The van der Waals surface area contributed by atoms with Crippen molar-refractivity contribution in [1.29, 1.82) is 0 Å². The van der Waals surface area contributed by atoms with Crippen LogP contribution in [0.3, 0.4) is 0 Å². The fraction of sp³-hybridized carbons (Fsp3) is 0.857. The molecule has 106 valence electrons. The van der Waals surface area contributed by atoms with E-state index >= 15 is 0 Å². The van der Waals surface area contributed by atoms with Gasteiger partial charge in [0, 0.05) is 12.3 Å². The summed E-state index contributed by atoms with van der Waals surface area (Å²) in [5.41, 5.74) is 0.157. The average molecular weight is 258 g/mol. The van der Waals surface area contributed by atoms with Gasteiger partial charge in [0.15, 0.2) is 0 Å². The molecule has 0 bridgehead atoms. The number of carbonyl (C=O) groups excluding carboxylic acids is 1. The summed E-state index contributed by atoms with van der Waals surface area (Å²) in [6.07, 6.45) is 0.134. The van der Waals surface area contributed by atoms with Crippen LogP contribution >= 0.6 is 0 Å². The Labute approximate surface area is 110 Å². The summed E-state index contributed by atoms with van der Waals surface area (Å²) in [7, 11) is 0. The largest absolute Gasteiger partial charge is 0.478 e. The fourth-order valence-corrected chi connectivity index (χ4v) is 2.06. The molecular weight excluding hydrogens is 232 g/mol. The van der Waals surface area contributed by atoms with Crippen LogP contribution in [0.5, 0.6) is 0 Å². The predicted octanol–water partition coefficient (Wildman–Crippen LogP) is 3.10. The Morgan fingerprint density at radius 1 is 1.17 bits per heavy atom. The van der Waals surface area contributed by atoms with Crippen LogP contribution in [0.4, 0.5) is 0 Å². The first-order valence-electron chi connectivity index (χ1n) is 6.45. The normalized spacial score (nSPS) is 15.3. The Morgan fingerprint density at radius 2 is 1.67 bits per heavy atom. The number of hydrogen-bond donors (Lipinski definition) is 1. The maximum atomic E-state index is 11.7. The van der Waals surface area contributed by atoms with E-state index in [2.05, 4.69) is 20.8 Å². The van der Waals surface area contributed by atoms with E-state index in [1.165, 1.54) is 0 Å². The van der Waals surface area contributed by atoms with Gasteiger partial charge in [-0.15, -0.1) is 0 Å². The van der Waals surface area contributed by atoms with Crippen molar-refractivity contribution in [2.75, 3.05) is 0 Å². The molecule has 4 heteroatoms. The molecule has 2 atom stereocenters. The molecule has 0 aliphatic rings. The van der Waals surface area contributed by atoms with Gasteiger partial charge in [0.1, 0.15) is 0 Å². The second-order valence-electron chi connectivity index (χ2n) is 6.57. The second-order valence-corrected chi connectivity index (χ2v) is 6.57. The second kappa shape index (κ2) is 6.76. The Kier molecular flexibility index (Phi) is 6.36. The van der Waals surface area contributed by atoms with E-state index in [4.69, 9.17) is 9.84 Å². The van der Waals surface area contributed by atoms with Gasteiger partial charge in [0.25, 0.3) is 0 Å². The molecule has 0 rings (SSSR count). The lowest BCUT2D eigenvalue weighted by Crippen LogP contribution is -2.32. The minimum atomic E-state index is -1.08. The Balaban J connectivity index is 4.29. The lowest BCUT2D eigenvalue weighted by Gasteiger charge is -2.23. The van der Waals surface area contributed by atoms with Gasteiger partial charge >= 0.3 is 11.9 Å². The molecule has 0 aromatic rings. The summed E-state index contributed by atoms with van der Waals surface area (Å²) in [5, 5.41) is 8.94. The Morgan fingerprint density at radius 3 is 2.00 bits per heavy atom. The summed E-state index contributed by atoms with van der Waals surface area (Å²) >= 11 is 0. The maximum absolute atomic E-state index is 11.7. The lowest BCUT2D eigenvalue weighted by atomic mass is 9.84. The van der Waals surface area contributed by atoms with Crippen LogP contribution < -0.4 is 0 Å². The molecule has 18 heavy (non-hydrogen) atoms. The highest BCUT2D eigenvalue weighted by Crippen LogP contribution is 2.26. The molecule has 0 spiro atoms. The number of aliphatic carboxylic acids is 1. The molecule has 0 heterocycles. The maximum Gasteiger partial charge on any atom is 0.345 e. The van der Waals surface area contributed by atoms with E-state index in [0.717, 1.165) is 6.42 Å². The zero-order valence-corrected chi connectivity index (χ0v) is 12.3. The van der Waals surface area contributed by atoms with E-state index in [1.54, 1.807) is 13.8 Å². The predicted molar refractivity (Wildman–Crippen MR) is 70.2 cm³/mol. The SMILES string of the molecule is CC(CC(=O)OC(C(=O)O)C(C)C)CC(C)(C)C. The number of esters is 1. The monoisotopic (exact) mass is 258 g/mol. The number of rotatable bonds is 6. The quantitative estimate of drug-likeness (QED) is 0.743. The van der Waals surface area contributed by atoms with Crippen molar-refractivity contribution in [2.24, 2.45) is 17.3 Å². The molecule has 0 aliphatic carbocycles. The molecule has 0 aliphatic heterocycles. The van der Waals surface area contributed by atoms with Gasteiger partial charge in [-0.3, -0.25) is 4.79 Å². The first-order valence-corrected chi connectivity index (χ1v) is 6.45. The van der Waals surface area contributed by atoms with E-state index in [0.29, 0.717) is 0 Å². The molecule has 0 amide bonds. The lowest BCUT2D eigenvalue weighted by molar-refractivity contribution is -0.167. The van der Waals surface area contributed by atoms with Crippen LogP contribution in [-0.2, 0) is 14.3 Å². The van der Waals surface area contributed by atoms with Gasteiger partial charge in [-0.1, -0.05) is 41.5 Å². The van der Waals surface area contributed by atoms with Crippen molar-refractivity contribution in [2.45, 2.75) is 60.5 Å². The summed E-state index contributed by atoms with van der Waals surface area (Å²) in [6.45, 7) is 11.8. The zero-order chi connectivity index (χ0) is 14.5. The van der Waals surface area contributed by atoms with Gasteiger partial charge < -0.3 is 9.84 Å². The average Bonchev–Trinajstić information content (AvgIpc) is 2.09. The van der Waals surface area contributed by atoms with E-state index < -0.39 is 18.0 Å². The van der Waals surface area contributed by atoms with Crippen molar-refractivity contribution in [1.82, 2.24) is 0 Å². The number of carbonyl (C=O) groups is 2. The number of carboxylic acids is 1. The molecular formula is C14H26O4. The van der Waals surface area contributed by atoms with E-state index in [-0.39, 0.29) is 23.7 Å². The van der Waals surface area contributed by atoms with Crippen LogP contribution in [0, 0.1) is 17.3 Å². The first-order chi connectivity index (χ1) is 8.03. The van der Waals surface area contributed by atoms with Crippen LogP contribution in [0.1, 0.15) is 54.4 Å². The molecule has 0 aromatic carbocycles. The van der Waals surface area contributed by atoms with Crippen molar-refractivity contribution >= 4 is 11.9 Å². The summed E-state index contributed by atoms with van der Waals surface area (Å²) in [5.74, 6) is -1.53. The highest BCUT2D eigenvalue weighted by molar-refractivity contribution is 5.78. The molecule has 1 N–H and O–H groups in total. The van der Waals surface area contributed by atoms with Crippen molar-refractivity contribution in [3.05, 3.63) is 0 Å². The van der Waals surface area contributed by atoms with E-state index in [1.807, 2.05) is 6.92 Å². The van der Waals surface area contributed by atoms with Gasteiger partial charge in [-0.25, -0.2) is 4.79 Å². The van der Waals surface area contributed by atoms with Gasteiger partial charge in [0.2, 0.25) is 6.10 Å². The molecule has 0 radical (unpaired) electrons. The molecule has 4 nitrogen and oxygen atoms in total. The van der Waals surface area contributed by atoms with Crippen LogP contribution in [0.2, 0.25) is 0 Å². The van der Waals surface area contributed by atoms with Gasteiger partial charge in [0.05, 0.1) is 0 Å². The number of hydrogen-bond acceptors (Lipinski definition) is 3. The van der Waals surface area contributed by atoms with Crippen molar-refractivity contribution in [3.63, 3.8) is 0 Å². The number of carboxylic acid groups (broad SMARTS) is 1. The standard InChI is InChI=1S/C14H26O4/c1-9(2)12(13(16)17)18-11(15)7-10(3)8-14(4,5)6/h9-10,12H,7-8H2,1-6H3,(H,16,17). The minimum Gasteiger partial charge on any atom is -0.478 e. The van der Waals surface area contributed by atoms with E-state index in [9.17, 15) is 9.59 Å². The summed E-state index contributed by atoms with van der Waals surface area (Å²) in [4.78, 5) is 22.6. The number of ether oxygens (including phenoxy) is 1. The molecule has 0 fully saturated rings. The third-order valence-corrected chi connectivity index (χ3v) is 2.58.